The highest BCUT2D eigenvalue weighted by molar-refractivity contribution is 5.91. The maximum atomic E-state index is 12.5. The van der Waals surface area contributed by atoms with Crippen LogP contribution in [0.3, 0.4) is 0 Å². The Morgan fingerprint density at radius 1 is 1.36 bits per heavy atom. The van der Waals surface area contributed by atoms with Gasteiger partial charge in [-0.25, -0.2) is 4.98 Å². The van der Waals surface area contributed by atoms with Gasteiger partial charge in [-0.05, 0) is 36.8 Å². The summed E-state index contributed by atoms with van der Waals surface area (Å²) in [5.74, 6) is 1.15. The van der Waals surface area contributed by atoms with Crippen molar-refractivity contribution in [1.29, 1.82) is 0 Å². The number of aromatic nitrogens is 4. The molecule has 4 rings (SSSR count). The van der Waals surface area contributed by atoms with Gasteiger partial charge in [-0.1, -0.05) is 20.8 Å². The quantitative estimate of drug-likeness (QED) is 0.722. The van der Waals surface area contributed by atoms with E-state index >= 15 is 0 Å². The van der Waals surface area contributed by atoms with E-state index in [0.29, 0.717) is 23.7 Å². The second kappa shape index (κ2) is 6.78. The van der Waals surface area contributed by atoms with Crippen molar-refractivity contribution in [3.8, 4) is 17.4 Å². The molecule has 0 aliphatic heterocycles. The van der Waals surface area contributed by atoms with E-state index in [2.05, 4.69) is 20.4 Å². The zero-order valence-corrected chi connectivity index (χ0v) is 16.2. The third-order valence-electron chi connectivity index (χ3n) is 4.57. The van der Waals surface area contributed by atoms with Crippen LogP contribution in [0.25, 0.3) is 17.4 Å². The zero-order chi connectivity index (χ0) is 19.9. The Balaban J connectivity index is 1.76. The molecular weight excluding hydrogens is 358 g/mol. The lowest BCUT2D eigenvalue weighted by Gasteiger charge is -2.17. The first-order chi connectivity index (χ1) is 13.3. The summed E-state index contributed by atoms with van der Waals surface area (Å²) in [7, 11) is 0. The average molecular weight is 381 g/mol. The van der Waals surface area contributed by atoms with Crippen LogP contribution < -0.4 is 10.9 Å². The predicted molar refractivity (Wildman–Crippen MR) is 104 cm³/mol. The van der Waals surface area contributed by atoms with E-state index in [1.807, 2.05) is 20.8 Å². The molecule has 0 saturated heterocycles. The molecule has 3 heterocycles. The molecule has 146 valence electrons. The van der Waals surface area contributed by atoms with Crippen molar-refractivity contribution >= 4 is 11.7 Å². The van der Waals surface area contributed by atoms with E-state index in [4.69, 9.17) is 4.42 Å². The number of fused-ring (bicyclic) bond motifs is 1. The van der Waals surface area contributed by atoms with Gasteiger partial charge in [-0.3, -0.25) is 14.6 Å². The highest BCUT2D eigenvalue weighted by atomic mass is 16.3. The number of aryl methyl sites for hydroxylation is 1. The minimum Gasteiger partial charge on any atom is -0.463 e. The van der Waals surface area contributed by atoms with Crippen LogP contribution in [-0.2, 0) is 17.6 Å². The Morgan fingerprint density at radius 3 is 2.89 bits per heavy atom. The summed E-state index contributed by atoms with van der Waals surface area (Å²) in [4.78, 5) is 32.3. The van der Waals surface area contributed by atoms with Gasteiger partial charge in [0, 0.05) is 18.1 Å². The fourth-order valence-corrected chi connectivity index (χ4v) is 3.37. The highest BCUT2D eigenvalue weighted by Crippen LogP contribution is 2.26. The average Bonchev–Trinajstić information content (AvgIpc) is 3.33. The predicted octanol–water partition coefficient (Wildman–Crippen LogP) is 3.08. The second-order valence-electron chi connectivity index (χ2n) is 8.26. The largest absolute Gasteiger partial charge is 0.463 e. The fraction of sp³-hybridized carbons (Fsp3) is 0.400. The zero-order valence-electron chi connectivity index (χ0n) is 16.2. The van der Waals surface area contributed by atoms with Gasteiger partial charge in [0.15, 0.2) is 5.76 Å². The van der Waals surface area contributed by atoms with Crippen molar-refractivity contribution in [2.75, 3.05) is 5.32 Å². The first-order valence-electron chi connectivity index (χ1n) is 9.36. The van der Waals surface area contributed by atoms with E-state index < -0.39 is 0 Å². The van der Waals surface area contributed by atoms with Crippen LogP contribution in [0.4, 0.5) is 5.82 Å². The number of carbonyl (C=O) groups excluding carboxylic acids is 1. The standard InChI is InChI=1S/C20H23N5O3/c1-20(2,3)11-17(26)22-16-10-14(15-8-5-9-28-15)24-25(16)19-21-13-7-4-6-12(13)18(27)23-19/h5,8-10H,4,6-7,11H2,1-3H3,(H,22,26)(H,21,23,27). The molecule has 0 saturated carbocycles. The molecule has 1 aliphatic rings. The maximum absolute atomic E-state index is 12.5. The van der Waals surface area contributed by atoms with Gasteiger partial charge in [0.1, 0.15) is 11.5 Å². The molecule has 0 spiro atoms. The number of rotatable bonds is 4. The van der Waals surface area contributed by atoms with Crippen LogP contribution in [0.2, 0.25) is 0 Å². The minimum absolute atomic E-state index is 0.136. The fourth-order valence-electron chi connectivity index (χ4n) is 3.37. The maximum Gasteiger partial charge on any atom is 0.255 e. The van der Waals surface area contributed by atoms with Crippen LogP contribution in [0.1, 0.15) is 44.9 Å². The number of amides is 1. The summed E-state index contributed by atoms with van der Waals surface area (Å²) in [6.45, 7) is 5.99. The number of nitrogens with zero attached hydrogens (tertiary/aromatic N) is 3. The number of hydrogen-bond donors (Lipinski definition) is 2. The summed E-state index contributed by atoms with van der Waals surface area (Å²) in [6.07, 6.45) is 4.33. The van der Waals surface area contributed by atoms with Crippen LogP contribution in [0.15, 0.2) is 33.7 Å². The Bertz CT molecular complexity index is 1070. The molecule has 0 bridgehead atoms. The van der Waals surface area contributed by atoms with Crippen molar-refractivity contribution in [3.63, 3.8) is 0 Å². The first-order valence-corrected chi connectivity index (χ1v) is 9.36. The normalized spacial score (nSPS) is 13.5. The topological polar surface area (TPSA) is 106 Å². The molecule has 1 aliphatic carbocycles. The third-order valence-corrected chi connectivity index (χ3v) is 4.57. The molecule has 0 radical (unpaired) electrons. The van der Waals surface area contributed by atoms with Gasteiger partial charge in [-0.15, -0.1) is 0 Å². The third kappa shape index (κ3) is 3.62. The van der Waals surface area contributed by atoms with Crippen molar-refractivity contribution in [1.82, 2.24) is 19.7 Å². The Morgan fingerprint density at radius 2 is 2.18 bits per heavy atom. The van der Waals surface area contributed by atoms with Gasteiger partial charge >= 0.3 is 0 Å². The van der Waals surface area contributed by atoms with Gasteiger partial charge in [0.2, 0.25) is 11.9 Å². The number of H-pyrrole nitrogens is 1. The van der Waals surface area contributed by atoms with E-state index in [-0.39, 0.29) is 22.8 Å². The number of nitrogens with one attached hydrogen (secondary N) is 2. The Hall–Kier alpha value is -3.16. The lowest BCUT2D eigenvalue weighted by Crippen LogP contribution is -2.23. The first kappa shape index (κ1) is 18.2. The van der Waals surface area contributed by atoms with E-state index in [0.717, 1.165) is 30.5 Å². The molecule has 3 aromatic rings. The van der Waals surface area contributed by atoms with E-state index in [1.165, 1.54) is 4.68 Å². The summed E-state index contributed by atoms with van der Waals surface area (Å²) in [5.41, 5.74) is 1.76. The van der Waals surface area contributed by atoms with Crippen molar-refractivity contribution < 1.29 is 9.21 Å². The molecule has 1 amide bonds. The molecule has 0 atom stereocenters. The van der Waals surface area contributed by atoms with Crippen LogP contribution in [-0.4, -0.2) is 25.7 Å². The highest BCUT2D eigenvalue weighted by Gasteiger charge is 2.22. The minimum atomic E-state index is -0.154. The summed E-state index contributed by atoms with van der Waals surface area (Å²) in [6, 6.07) is 5.26. The molecule has 8 heteroatoms. The second-order valence-corrected chi connectivity index (χ2v) is 8.26. The van der Waals surface area contributed by atoms with Crippen LogP contribution in [0.5, 0.6) is 0 Å². The summed E-state index contributed by atoms with van der Waals surface area (Å²) < 4.78 is 6.88. The van der Waals surface area contributed by atoms with Crippen LogP contribution >= 0.6 is 0 Å². The number of aromatic amines is 1. The molecule has 0 unspecified atom stereocenters. The summed E-state index contributed by atoms with van der Waals surface area (Å²) >= 11 is 0. The SMILES string of the molecule is CC(C)(C)CC(=O)Nc1cc(-c2ccco2)nn1-c1nc2c(c(=O)[nH]1)CCC2. The van der Waals surface area contributed by atoms with E-state index in [1.54, 1.807) is 24.5 Å². The van der Waals surface area contributed by atoms with Crippen molar-refractivity contribution in [2.45, 2.75) is 46.5 Å². The molecular formula is C20H23N5O3. The number of furan rings is 1. The number of anilines is 1. The van der Waals surface area contributed by atoms with E-state index in [9.17, 15) is 9.59 Å². The lowest BCUT2D eigenvalue weighted by atomic mass is 9.92. The lowest BCUT2D eigenvalue weighted by molar-refractivity contribution is -0.117. The Kier molecular flexibility index (Phi) is 4.41. The smallest absolute Gasteiger partial charge is 0.255 e. The number of carbonyl (C=O) groups is 1. The van der Waals surface area contributed by atoms with Crippen LogP contribution in [0, 0.1) is 5.41 Å². The molecule has 0 aromatic carbocycles. The van der Waals surface area contributed by atoms with Gasteiger partial charge in [-0.2, -0.15) is 9.78 Å². The molecule has 8 nitrogen and oxygen atoms in total. The molecule has 3 aromatic heterocycles. The van der Waals surface area contributed by atoms with Gasteiger partial charge < -0.3 is 9.73 Å². The van der Waals surface area contributed by atoms with Crippen molar-refractivity contribution in [2.24, 2.45) is 5.41 Å². The van der Waals surface area contributed by atoms with Crippen molar-refractivity contribution in [3.05, 3.63) is 46.1 Å². The number of hydrogen-bond acceptors (Lipinski definition) is 5. The van der Waals surface area contributed by atoms with Gasteiger partial charge in [0.25, 0.3) is 5.56 Å². The monoisotopic (exact) mass is 381 g/mol. The summed E-state index contributed by atoms with van der Waals surface area (Å²) in [5, 5.41) is 7.41. The Labute approximate surface area is 162 Å². The van der Waals surface area contributed by atoms with Gasteiger partial charge in [0.05, 0.1) is 12.0 Å². The molecule has 28 heavy (non-hydrogen) atoms. The molecule has 0 fully saturated rings. The molecule has 2 N–H and O–H groups in total.